The second kappa shape index (κ2) is 13.8. The molecule has 7 heteroatoms. The van der Waals surface area contributed by atoms with Crippen LogP contribution in [-0.4, -0.2) is 36.5 Å². The third-order valence-corrected chi connectivity index (χ3v) is 2.08. The van der Waals surface area contributed by atoms with Crippen LogP contribution < -0.4 is 5.73 Å². The predicted octanol–water partition coefficient (Wildman–Crippen LogP) is 2.39. The van der Waals surface area contributed by atoms with Crippen molar-refractivity contribution in [3.63, 3.8) is 0 Å². The van der Waals surface area contributed by atoms with Gasteiger partial charge in [-0.1, -0.05) is 11.0 Å². The van der Waals surface area contributed by atoms with Gasteiger partial charge in [-0.3, -0.25) is 0 Å². The molecule has 2 N–H and O–H groups in total. The SMILES string of the molecule is CSCCC(N)C(=O)OSC.CSCl. The summed E-state index contributed by atoms with van der Waals surface area (Å²) in [5.41, 5.74) is 5.49. The summed E-state index contributed by atoms with van der Waals surface area (Å²) in [6.07, 6.45) is 6.16. The molecule has 0 aliphatic heterocycles. The first-order valence-electron chi connectivity index (χ1n) is 3.77. The number of nitrogens with two attached hydrogens (primary N) is 1. The smallest absolute Gasteiger partial charge is 0.334 e. The van der Waals surface area contributed by atoms with E-state index in [9.17, 15) is 4.79 Å². The minimum absolute atomic E-state index is 0.327. The highest BCUT2D eigenvalue weighted by atomic mass is 35.7. The molecular formula is C7H16ClNO2S3. The van der Waals surface area contributed by atoms with Crippen LogP contribution in [0.25, 0.3) is 0 Å². The highest BCUT2D eigenvalue weighted by Crippen LogP contribution is 2.03. The quantitative estimate of drug-likeness (QED) is 0.779. The Morgan fingerprint density at radius 3 is 2.36 bits per heavy atom. The first-order valence-corrected chi connectivity index (χ1v) is 8.37. The van der Waals surface area contributed by atoms with E-state index in [0.29, 0.717) is 6.42 Å². The molecule has 86 valence electrons. The number of thioether (sulfide) groups is 1. The average molecular weight is 278 g/mol. The molecule has 0 aliphatic rings. The van der Waals surface area contributed by atoms with E-state index in [4.69, 9.17) is 16.4 Å². The fourth-order valence-corrected chi connectivity index (χ4v) is 1.28. The molecule has 3 nitrogen and oxygen atoms in total. The maximum absolute atomic E-state index is 10.9. The Morgan fingerprint density at radius 2 is 2.00 bits per heavy atom. The molecular weight excluding hydrogens is 262 g/mol. The van der Waals surface area contributed by atoms with Crippen LogP contribution in [0.4, 0.5) is 0 Å². The van der Waals surface area contributed by atoms with Gasteiger partial charge in [0.15, 0.2) is 0 Å². The summed E-state index contributed by atoms with van der Waals surface area (Å²) in [6, 6.07) is -0.463. The van der Waals surface area contributed by atoms with Gasteiger partial charge in [-0.15, -0.1) is 0 Å². The summed E-state index contributed by atoms with van der Waals surface area (Å²) in [4.78, 5) is 10.9. The van der Waals surface area contributed by atoms with Crippen molar-refractivity contribution in [1.29, 1.82) is 0 Å². The van der Waals surface area contributed by atoms with Gasteiger partial charge in [0.2, 0.25) is 0 Å². The molecule has 0 fully saturated rings. The Labute approximate surface area is 103 Å². The summed E-state index contributed by atoms with van der Waals surface area (Å²) < 4.78 is 4.64. The molecule has 0 radical (unpaired) electrons. The van der Waals surface area contributed by atoms with Crippen molar-refractivity contribution in [3.05, 3.63) is 0 Å². The van der Waals surface area contributed by atoms with Gasteiger partial charge < -0.3 is 9.92 Å². The summed E-state index contributed by atoms with van der Waals surface area (Å²) >= 11 is 2.71. The van der Waals surface area contributed by atoms with E-state index in [1.54, 1.807) is 18.0 Å². The minimum Gasteiger partial charge on any atom is -0.391 e. The van der Waals surface area contributed by atoms with Crippen molar-refractivity contribution in [1.82, 2.24) is 0 Å². The van der Waals surface area contributed by atoms with Crippen LogP contribution in [0, 0.1) is 0 Å². The molecule has 0 aromatic rings. The maximum Gasteiger partial charge on any atom is 0.334 e. The molecule has 0 heterocycles. The van der Waals surface area contributed by atoms with Crippen molar-refractivity contribution in [2.45, 2.75) is 12.5 Å². The first kappa shape index (κ1) is 17.2. The van der Waals surface area contributed by atoms with Gasteiger partial charge in [0.1, 0.15) is 6.04 Å². The number of carbonyl (C=O) groups is 1. The van der Waals surface area contributed by atoms with E-state index in [1.165, 1.54) is 11.0 Å². The van der Waals surface area contributed by atoms with Gasteiger partial charge >= 0.3 is 5.97 Å². The summed E-state index contributed by atoms with van der Waals surface area (Å²) in [6.45, 7) is 0. The molecule has 14 heavy (non-hydrogen) atoms. The van der Waals surface area contributed by atoms with Gasteiger partial charge in [-0.05, 0) is 35.4 Å². The summed E-state index contributed by atoms with van der Waals surface area (Å²) in [5, 5.41) is 0. The lowest BCUT2D eigenvalue weighted by Crippen LogP contribution is -2.31. The molecule has 0 aromatic carbocycles. The lowest BCUT2D eigenvalue weighted by molar-refractivity contribution is -0.134. The lowest BCUT2D eigenvalue weighted by atomic mass is 10.2. The zero-order chi connectivity index (χ0) is 11.4. The second-order valence-electron chi connectivity index (χ2n) is 2.11. The topological polar surface area (TPSA) is 52.3 Å². The first-order chi connectivity index (χ1) is 6.63. The van der Waals surface area contributed by atoms with Gasteiger partial charge in [0.25, 0.3) is 0 Å². The van der Waals surface area contributed by atoms with Gasteiger partial charge in [0, 0.05) is 6.26 Å². The van der Waals surface area contributed by atoms with Gasteiger partial charge in [0.05, 0.1) is 12.0 Å². The molecule has 0 saturated heterocycles. The molecule has 1 unspecified atom stereocenters. The number of halogens is 1. The maximum atomic E-state index is 10.9. The fraction of sp³-hybridized carbons (Fsp3) is 0.857. The van der Waals surface area contributed by atoms with E-state index >= 15 is 0 Å². The molecule has 0 rings (SSSR count). The van der Waals surface area contributed by atoms with Crippen LogP contribution in [0.1, 0.15) is 6.42 Å². The molecule has 0 saturated carbocycles. The molecule has 0 spiro atoms. The minimum atomic E-state index is -0.463. The Balaban J connectivity index is 0. The molecule has 1 atom stereocenters. The average Bonchev–Trinajstić information content (AvgIpc) is 2.15. The normalized spacial score (nSPS) is 11.2. The number of hydrogen-bond donors (Lipinski definition) is 1. The fourth-order valence-electron chi connectivity index (χ4n) is 0.507. The van der Waals surface area contributed by atoms with Crippen LogP contribution in [-0.2, 0) is 8.98 Å². The highest BCUT2D eigenvalue weighted by molar-refractivity contribution is 8.20. The third kappa shape index (κ3) is 12.8. The van der Waals surface area contributed by atoms with E-state index in [1.807, 2.05) is 12.5 Å². The molecule has 0 aromatic heterocycles. The monoisotopic (exact) mass is 277 g/mol. The van der Waals surface area contributed by atoms with E-state index in [0.717, 1.165) is 17.8 Å². The van der Waals surface area contributed by atoms with E-state index < -0.39 is 6.04 Å². The number of carbonyl (C=O) groups excluding carboxylic acids is 1. The molecule has 0 aliphatic carbocycles. The van der Waals surface area contributed by atoms with Crippen LogP contribution >= 0.6 is 45.5 Å². The highest BCUT2D eigenvalue weighted by Gasteiger charge is 2.13. The van der Waals surface area contributed by atoms with Gasteiger partial charge in [-0.25, -0.2) is 4.79 Å². The zero-order valence-corrected chi connectivity index (χ0v) is 11.7. The van der Waals surface area contributed by atoms with E-state index in [-0.39, 0.29) is 5.97 Å². The second-order valence-corrected chi connectivity index (χ2v) is 4.83. The Kier molecular flexibility index (Phi) is 16.9. The van der Waals surface area contributed by atoms with Crippen molar-refractivity contribution in [2.24, 2.45) is 5.73 Å². The standard InChI is InChI=1S/C6H13NO2S2.CH3ClS/c1-10-4-3-5(7)6(8)9-11-2;1-3-2/h5H,3-4,7H2,1-2H3;1H3. The Bertz CT molecular complexity index is 140. The lowest BCUT2D eigenvalue weighted by Gasteiger charge is -2.07. The van der Waals surface area contributed by atoms with Crippen LogP contribution in [0.2, 0.25) is 0 Å². The van der Waals surface area contributed by atoms with Crippen molar-refractivity contribution >= 4 is 51.4 Å². The zero-order valence-electron chi connectivity index (χ0n) is 8.49. The van der Waals surface area contributed by atoms with Crippen molar-refractivity contribution < 1.29 is 8.98 Å². The molecule has 0 amide bonds. The van der Waals surface area contributed by atoms with Gasteiger partial charge in [-0.2, -0.15) is 11.8 Å². The van der Waals surface area contributed by atoms with Crippen LogP contribution in [0.15, 0.2) is 0 Å². The Morgan fingerprint density at radius 1 is 1.50 bits per heavy atom. The Hall–Kier alpha value is 0.770. The number of hydrogen-bond acceptors (Lipinski definition) is 6. The predicted molar refractivity (Wildman–Crippen MR) is 69.9 cm³/mol. The van der Waals surface area contributed by atoms with Crippen molar-refractivity contribution in [2.75, 3.05) is 24.5 Å². The van der Waals surface area contributed by atoms with E-state index in [2.05, 4.69) is 4.18 Å². The van der Waals surface area contributed by atoms with Crippen LogP contribution in [0.3, 0.4) is 0 Å². The summed E-state index contributed by atoms with van der Waals surface area (Å²) in [7, 11) is 6.14. The summed E-state index contributed by atoms with van der Waals surface area (Å²) in [5.74, 6) is 0.566. The third-order valence-electron chi connectivity index (χ3n) is 1.10. The van der Waals surface area contributed by atoms with Crippen molar-refractivity contribution in [3.8, 4) is 0 Å². The molecule has 0 bridgehead atoms. The van der Waals surface area contributed by atoms with Crippen LogP contribution in [0.5, 0.6) is 0 Å². The number of rotatable bonds is 5. The largest absolute Gasteiger partial charge is 0.391 e.